The van der Waals surface area contributed by atoms with E-state index in [-0.39, 0.29) is 12.2 Å². The van der Waals surface area contributed by atoms with Crippen molar-refractivity contribution in [3.8, 4) is 17.2 Å². The summed E-state index contributed by atoms with van der Waals surface area (Å²) in [5.41, 5.74) is 1.51. The molecule has 0 unspecified atom stereocenters. The zero-order chi connectivity index (χ0) is 21.5. The third-order valence-electron chi connectivity index (χ3n) is 4.40. The lowest BCUT2D eigenvalue weighted by atomic mass is 10.1. The molecule has 2 aromatic carbocycles. The highest BCUT2D eigenvalue weighted by molar-refractivity contribution is 5.92. The summed E-state index contributed by atoms with van der Waals surface area (Å²) >= 11 is 0. The Hall–Kier alpha value is -3.81. The number of rotatable bonds is 8. The molecule has 8 heteroatoms. The van der Waals surface area contributed by atoms with Crippen molar-refractivity contribution < 1.29 is 28.5 Å². The minimum Gasteiger partial charge on any atom is -0.496 e. The first-order valence-corrected chi connectivity index (χ1v) is 9.14. The number of fused-ring (bicyclic) bond motifs is 1. The lowest BCUT2D eigenvalue weighted by Gasteiger charge is -2.14. The molecule has 0 aliphatic rings. The summed E-state index contributed by atoms with van der Waals surface area (Å²) < 4.78 is 20.9. The molecule has 1 amide bonds. The molecule has 156 valence electrons. The van der Waals surface area contributed by atoms with Gasteiger partial charge < -0.3 is 24.3 Å². The van der Waals surface area contributed by atoms with Gasteiger partial charge in [0.15, 0.2) is 18.1 Å². The first-order chi connectivity index (χ1) is 14.5. The van der Waals surface area contributed by atoms with Crippen LogP contribution in [-0.4, -0.2) is 44.8 Å². The number of nitrogens with one attached hydrogen (secondary N) is 1. The molecule has 0 saturated heterocycles. The molecule has 0 saturated carbocycles. The van der Waals surface area contributed by atoms with Crippen molar-refractivity contribution in [2.24, 2.45) is 0 Å². The van der Waals surface area contributed by atoms with Crippen molar-refractivity contribution in [1.82, 2.24) is 10.3 Å². The summed E-state index contributed by atoms with van der Waals surface area (Å²) in [4.78, 5) is 28.6. The standard InChI is InChI=1S/C22H22N2O6/c1-27-18-11-20(29-3)19(28-2)10-15(18)12-23-21(25)13-30-22(26)17-9-8-14-6-4-5-7-16(14)24-17/h4-11H,12-13H2,1-3H3,(H,23,25). The summed E-state index contributed by atoms with van der Waals surface area (Å²) in [6.07, 6.45) is 0. The Morgan fingerprint density at radius 1 is 0.900 bits per heavy atom. The summed E-state index contributed by atoms with van der Waals surface area (Å²) in [5, 5.41) is 3.60. The van der Waals surface area contributed by atoms with Crippen LogP contribution < -0.4 is 19.5 Å². The molecule has 0 spiro atoms. The normalized spacial score (nSPS) is 10.4. The Morgan fingerprint density at radius 3 is 2.33 bits per heavy atom. The quantitative estimate of drug-likeness (QED) is 0.571. The lowest BCUT2D eigenvalue weighted by Crippen LogP contribution is -2.28. The Kier molecular flexibility index (Phi) is 6.69. The van der Waals surface area contributed by atoms with Crippen LogP contribution in [0.1, 0.15) is 16.1 Å². The zero-order valence-electron chi connectivity index (χ0n) is 16.9. The van der Waals surface area contributed by atoms with Gasteiger partial charge in [-0.2, -0.15) is 0 Å². The maximum Gasteiger partial charge on any atom is 0.357 e. The molecular formula is C22H22N2O6. The van der Waals surface area contributed by atoms with Gasteiger partial charge in [-0.1, -0.05) is 24.3 Å². The first-order valence-electron chi connectivity index (χ1n) is 9.14. The maximum absolute atomic E-state index is 12.2. The van der Waals surface area contributed by atoms with Crippen LogP contribution in [0.5, 0.6) is 17.2 Å². The lowest BCUT2D eigenvalue weighted by molar-refractivity contribution is -0.124. The third kappa shape index (κ3) is 4.78. The second kappa shape index (κ2) is 9.60. The smallest absolute Gasteiger partial charge is 0.357 e. The molecule has 0 aliphatic carbocycles. The topological polar surface area (TPSA) is 96.0 Å². The van der Waals surface area contributed by atoms with Crippen LogP contribution >= 0.6 is 0 Å². The SMILES string of the molecule is COc1cc(OC)c(OC)cc1CNC(=O)COC(=O)c1ccc2ccccc2n1. The number of aromatic nitrogens is 1. The predicted octanol–water partition coefficient (Wildman–Crippen LogP) is 2.73. The number of para-hydroxylation sites is 1. The van der Waals surface area contributed by atoms with Gasteiger partial charge in [0.2, 0.25) is 0 Å². The Morgan fingerprint density at radius 2 is 1.60 bits per heavy atom. The Balaban J connectivity index is 1.58. The van der Waals surface area contributed by atoms with Gasteiger partial charge in [-0.25, -0.2) is 9.78 Å². The van der Waals surface area contributed by atoms with Crippen LogP contribution in [0.4, 0.5) is 0 Å². The van der Waals surface area contributed by atoms with E-state index in [9.17, 15) is 9.59 Å². The molecule has 1 N–H and O–H groups in total. The molecule has 8 nitrogen and oxygen atoms in total. The number of amides is 1. The fourth-order valence-corrected chi connectivity index (χ4v) is 2.86. The van der Waals surface area contributed by atoms with Crippen LogP contribution in [0.15, 0.2) is 48.5 Å². The molecule has 30 heavy (non-hydrogen) atoms. The molecular weight excluding hydrogens is 388 g/mol. The van der Waals surface area contributed by atoms with E-state index in [2.05, 4.69) is 10.3 Å². The van der Waals surface area contributed by atoms with Gasteiger partial charge in [0.25, 0.3) is 5.91 Å². The van der Waals surface area contributed by atoms with Gasteiger partial charge >= 0.3 is 5.97 Å². The van der Waals surface area contributed by atoms with E-state index in [0.29, 0.717) is 28.3 Å². The molecule has 0 atom stereocenters. The third-order valence-corrected chi connectivity index (χ3v) is 4.40. The van der Waals surface area contributed by atoms with E-state index in [4.69, 9.17) is 18.9 Å². The molecule has 1 aromatic heterocycles. The van der Waals surface area contributed by atoms with Crippen molar-refractivity contribution in [2.75, 3.05) is 27.9 Å². The van der Waals surface area contributed by atoms with Crippen molar-refractivity contribution >= 4 is 22.8 Å². The van der Waals surface area contributed by atoms with Gasteiger partial charge in [-0.3, -0.25) is 4.79 Å². The average molecular weight is 410 g/mol. The van der Waals surface area contributed by atoms with Gasteiger partial charge in [0.05, 0.1) is 26.8 Å². The van der Waals surface area contributed by atoms with E-state index < -0.39 is 18.5 Å². The number of benzene rings is 2. The van der Waals surface area contributed by atoms with Crippen LogP contribution in [-0.2, 0) is 16.1 Å². The minimum absolute atomic E-state index is 0.142. The van der Waals surface area contributed by atoms with Crippen molar-refractivity contribution in [2.45, 2.75) is 6.54 Å². The van der Waals surface area contributed by atoms with Crippen LogP contribution in [0.25, 0.3) is 10.9 Å². The predicted molar refractivity (Wildman–Crippen MR) is 110 cm³/mol. The van der Waals surface area contributed by atoms with E-state index in [1.54, 1.807) is 30.3 Å². The molecule has 0 bridgehead atoms. The number of nitrogens with zero attached hydrogens (tertiary/aromatic N) is 1. The summed E-state index contributed by atoms with van der Waals surface area (Å²) in [5.74, 6) is 0.434. The summed E-state index contributed by atoms with van der Waals surface area (Å²) in [6.45, 7) is -0.267. The minimum atomic E-state index is -0.667. The van der Waals surface area contributed by atoms with Crippen LogP contribution in [0, 0.1) is 0 Å². The first kappa shape index (κ1) is 20.9. The molecule has 0 aliphatic heterocycles. The van der Waals surface area contributed by atoms with Crippen molar-refractivity contribution in [3.63, 3.8) is 0 Å². The highest BCUT2D eigenvalue weighted by atomic mass is 16.5. The highest BCUT2D eigenvalue weighted by Crippen LogP contribution is 2.34. The number of ether oxygens (including phenoxy) is 4. The number of hydrogen-bond acceptors (Lipinski definition) is 7. The fourth-order valence-electron chi connectivity index (χ4n) is 2.86. The summed E-state index contributed by atoms with van der Waals surface area (Å²) in [7, 11) is 4.56. The van der Waals surface area contributed by atoms with Gasteiger partial charge in [0, 0.05) is 23.6 Å². The summed E-state index contributed by atoms with van der Waals surface area (Å²) in [6, 6.07) is 14.1. The molecule has 1 heterocycles. The molecule has 3 rings (SSSR count). The monoisotopic (exact) mass is 410 g/mol. The van der Waals surface area contributed by atoms with Gasteiger partial charge in [-0.15, -0.1) is 0 Å². The average Bonchev–Trinajstić information content (AvgIpc) is 2.80. The van der Waals surface area contributed by atoms with E-state index in [1.807, 2.05) is 18.2 Å². The Labute approximate surface area is 173 Å². The number of hydrogen-bond donors (Lipinski definition) is 1. The van der Waals surface area contributed by atoms with Gasteiger partial charge in [0.1, 0.15) is 11.4 Å². The number of esters is 1. The number of methoxy groups -OCH3 is 3. The Bertz CT molecular complexity index is 1070. The zero-order valence-corrected chi connectivity index (χ0v) is 16.9. The molecule has 0 fully saturated rings. The van der Waals surface area contributed by atoms with E-state index in [0.717, 1.165) is 5.39 Å². The fraction of sp³-hybridized carbons (Fsp3) is 0.227. The van der Waals surface area contributed by atoms with Crippen LogP contribution in [0.3, 0.4) is 0 Å². The second-order valence-electron chi connectivity index (χ2n) is 6.26. The van der Waals surface area contributed by atoms with E-state index >= 15 is 0 Å². The largest absolute Gasteiger partial charge is 0.496 e. The van der Waals surface area contributed by atoms with Crippen molar-refractivity contribution in [3.05, 3.63) is 59.8 Å². The van der Waals surface area contributed by atoms with Crippen molar-refractivity contribution in [1.29, 1.82) is 0 Å². The number of pyridine rings is 1. The second-order valence-corrected chi connectivity index (χ2v) is 6.26. The molecule has 3 aromatic rings. The van der Waals surface area contributed by atoms with E-state index in [1.165, 1.54) is 21.3 Å². The molecule has 0 radical (unpaired) electrons. The number of carbonyl (C=O) groups is 2. The number of carbonyl (C=O) groups excluding carboxylic acids is 2. The van der Waals surface area contributed by atoms with Gasteiger partial charge in [-0.05, 0) is 18.2 Å². The van der Waals surface area contributed by atoms with Crippen LogP contribution in [0.2, 0.25) is 0 Å². The highest BCUT2D eigenvalue weighted by Gasteiger charge is 2.15. The maximum atomic E-state index is 12.2.